The molecule has 0 unspecified atom stereocenters. The van der Waals surface area contributed by atoms with Crippen LogP contribution in [0.15, 0.2) is 12.3 Å². The van der Waals surface area contributed by atoms with Crippen molar-refractivity contribution in [1.82, 2.24) is 20.0 Å². The largest absolute Gasteiger partial charge is 0.389 e. The maximum atomic E-state index is 11.8. The standard InChI is InChI=1S/C12H19N5O3/c1-15-6-2-10(3-7-15)13-12(18)5-9-16-8-4-11(14-16)17(19)20/h4,8,10H,2-3,5-7,9H2,1H3,(H,13,18). The molecule has 8 nitrogen and oxygen atoms in total. The van der Waals surface area contributed by atoms with E-state index in [1.165, 1.54) is 16.9 Å². The molecule has 1 fully saturated rings. The van der Waals surface area contributed by atoms with E-state index in [-0.39, 0.29) is 24.2 Å². The summed E-state index contributed by atoms with van der Waals surface area (Å²) in [4.78, 5) is 24.0. The van der Waals surface area contributed by atoms with E-state index in [9.17, 15) is 14.9 Å². The molecule has 1 aliphatic heterocycles. The van der Waals surface area contributed by atoms with Gasteiger partial charge in [0.1, 0.15) is 0 Å². The molecule has 1 saturated heterocycles. The number of aromatic nitrogens is 2. The van der Waals surface area contributed by atoms with E-state index in [4.69, 9.17) is 0 Å². The average Bonchev–Trinajstić information content (AvgIpc) is 2.88. The highest BCUT2D eigenvalue weighted by Crippen LogP contribution is 2.09. The molecule has 0 spiro atoms. The third-order valence-electron chi connectivity index (χ3n) is 3.47. The summed E-state index contributed by atoms with van der Waals surface area (Å²) in [6.45, 7) is 2.35. The second kappa shape index (κ2) is 6.47. The van der Waals surface area contributed by atoms with E-state index in [1.807, 2.05) is 0 Å². The van der Waals surface area contributed by atoms with Gasteiger partial charge in [-0.15, -0.1) is 0 Å². The molecule has 0 aliphatic carbocycles. The van der Waals surface area contributed by atoms with Crippen LogP contribution in [0.5, 0.6) is 0 Å². The summed E-state index contributed by atoms with van der Waals surface area (Å²) in [7, 11) is 2.07. The van der Waals surface area contributed by atoms with Crippen LogP contribution < -0.4 is 5.32 Å². The Bertz CT molecular complexity index is 479. The first-order chi connectivity index (χ1) is 9.54. The fourth-order valence-corrected chi connectivity index (χ4v) is 2.24. The van der Waals surface area contributed by atoms with Crippen LogP contribution in [0.4, 0.5) is 5.82 Å². The zero-order valence-corrected chi connectivity index (χ0v) is 11.5. The van der Waals surface area contributed by atoms with Gasteiger partial charge in [0.25, 0.3) is 0 Å². The quantitative estimate of drug-likeness (QED) is 0.622. The molecule has 0 saturated carbocycles. The number of carbonyl (C=O) groups is 1. The van der Waals surface area contributed by atoms with Crippen molar-refractivity contribution in [3.63, 3.8) is 0 Å². The number of nitrogens with one attached hydrogen (secondary N) is 1. The Morgan fingerprint density at radius 2 is 2.25 bits per heavy atom. The Labute approximate surface area is 116 Å². The number of nitro groups is 1. The van der Waals surface area contributed by atoms with E-state index in [0.29, 0.717) is 6.54 Å². The number of carbonyl (C=O) groups excluding carboxylic acids is 1. The monoisotopic (exact) mass is 281 g/mol. The predicted molar refractivity (Wildman–Crippen MR) is 72.2 cm³/mol. The molecule has 1 aliphatic rings. The van der Waals surface area contributed by atoms with Crippen LogP contribution in [0.3, 0.4) is 0 Å². The topological polar surface area (TPSA) is 93.3 Å². The summed E-state index contributed by atoms with van der Waals surface area (Å²) < 4.78 is 1.42. The van der Waals surface area contributed by atoms with Crippen LogP contribution in [0, 0.1) is 10.1 Å². The lowest BCUT2D eigenvalue weighted by Gasteiger charge is -2.29. The van der Waals surface area contributed by atoms with Crippen molar-refractivity contribution >= 4 is 11.7 Å². The third kappa shape index (κ3) is 4.02. The highest BCUT2D eigenvalue weighted by atomic mass is 16.6. The number of aryl methyl sites for hydroxylation is 1. The van der Waals surface area contributed by atoms with Gasteiger partial charge in [-0.2, -0.15) is 4.68 Å². The number of hydrogen-bond donors (Lipinski definition) is 1. The van der Waals surface area contributed by atoms with Crippen LogP contribution in [-0.2, 0) is 11.3 Å². The second-order valence-corrected chi connectivity index (χ2v) is 5.09. The van der Waals surface area contributed by atoms with Gasteiger partial charge in [-0.05, 0) is 37.9 Å². The molecule has 1 N–H and O–H groups in total. The molecule has 8 heteroatoms. The first-order valence-electron chi connectivity index (χ1n) is 6.70. The number of likely N-dealkylation sites (tertiary alicyclic amines) is 1. The van der Waals surface area contributed by atoms with Gasteiger partial charge >= 0.3 is 5.82 Å². The van der Waals surface area contributed by atoms with Gasteiger partial charge < -0.3 is 20.3 Å². The fraction of sp³-hybridized carbons (Fsp3) is 0.667. The van der Waals surface area contributed by atoms with Gasteiger partial charge in [-0.3, -0.25) is 4.79 Å². The van der Waals surface area contributed by atoms with Gasteiger partial charge in [-0.1, -0.05) is 0 Å². The Balaban J connectivity index is 1.73. The van der Waals surface area contributed by atoms with Crippen LogP contribution in [-0.4, -0.2) is 51.7 Å². The van der Waals surface area contributed by atoms with Crippen molar-refractivity contribution in [1.29, 1.82) is 0 Å². The Hall–Kier alpha value is -1.96. The molecule has 20 heavy (non-hydrogen) atoms. The smallest absolute Gasteiger partial charge is 0.358 e. The summed E-state index contributed by atoms with van der Waals surface area (Å²) >= 11 is 0. The summed E-state index contributed by atoms with van der Waals surface area (Å²) in [6, 6.07) is 1.57. The lowest BCUT2D eigenvalue weighted by atomic mass is 10.1. The minimum absolute atomic E-state index is 0.0299. The first-order valence-corrected chi connectivity index (χ1v) is 6.70. The molecule has 0 aromatic carbocycles. The van der Waals surface area contributed by atoms with Gasteiger partial charge in [0, 0.05) is 12.5 Å². The van der Waals surface area contributed by atoms with E-state index in [2.05, 4.69) is 22.4 Å². The number of piperidine rings is 1. The van der Waals surface area contributed by atoms with E-state index in [1.54, 1.807) is 0 Å². The van der Waals surface area contributed by atoms with E-state index in [0.717, 1.165) is 25.9 Å². The van der Waals surface area contributed by atoms with Crippen LogP contribution in [0.2, 0.25) is 0 Å². The summed E-state index contributed by atoms with van der Waals surface area (Å²) in [5.41, 5.74) is 0. The summed E-state index contributed by atoms with van der Waals surface area (Å²) in [5.74, 6) is -0.224. The van der Waals surface area contributed by atoms with Crippen molar-refractivity contribution in [2.24, 2.45) is 0 Å². The number of rotatable bonds is 5. The lowest BCUT2D eigenvalue weighted by Crippen LogP contribution is -2.43. The molecule has 1 aromatic heterocycles. The van der Waals surface area contributed by atoms with Gasteiger partial charge in [-0.25, -0.2) is 0 Å². The maximum absolute atomic E-state index is 11.8. The van der Waals surface area contributed by atoms with Crippen molar-refractivity contribution in [2.45, 2.75) is 31.8 Å². The molecule has 0 radical (unpaired) electrons. The number of nitrogens with zero attached hydrogens (tertiary/aromatic N) is 4. The Kier molecular flexibility index (Phi) is 4.67. The zero-order valence-electron chi connectivity index (χ0n) is 11.5. The van der Waals surface area contributed by atoms with Crippen molar-refractivity contribution in [3.05, 3.63) is 22.4 Å². The van der Waals surface area contributed by atoms with Crippen molar-refractivity contribution in [3.8, 4) is 0 Å². The number of hydrogen-bond acceptors (Lipinski definition) is 5. The maximum Gasteiger partial charge on any atom is 0.389 e. The molecule has 2 heterocycles. The average molecular weight is 281 g/mol. The fourth-order valence-electron chi connectivity index (χ4n) is 2.24. The lowest BCUT2D eigenvalue weighted by molar-refractivity contribution is -0.389. The first kappa shape index (κ1) is 14.4. The van der Waals surface area contributed by atoms with Gasteiger partial charge in [0.2, 0.25) is 5.91 Å². The number of amides is 1. The van der Waals surface area contributed by atoms with Gasteiger partial charge in [0.05, 0.1) is 23.9 Å². The SMILES string of the molecule is CN1CCC(NC(=O)CCn2ccc([N+](=O)[O-])n2)CC1. The minimum Gasteiger partial charge on any atom is -0.358 e. The third-order valence-corrected chi connectivity index (χ3v) is 3.47. The van der Waals surface area contributed by atoms with E-state index < -0.39 is 4.92 Å². The van der Waals surface area contributed by atoms with E-state index >= 15 is 0 Å². The van der Waals surface area contributed by atoms with Crippen molar-refractivity contribution < 1.29 is 9.72 Å². The molecular weight excluding hydrogens is 262 g/mol. The zero-order chi connectivity index (χ0) is 14.5. The normalized spacial score (nSPS) is 17.1. The van der Waals surface area contributed by atoms with Crippen LogP contribution >= 0.6 is 0 Å². The highest BCUT2D eigenvalue weighted by molar-refractivity contribution is 5.76. The van der Waals surface area contributed by atoms with Crippen LogP contribution in [0.1, 0.15) is 19.3 Å². The molecule has 2 rings (SSSR count). The van der Waals surface area contributed by atoms with Gasteiger partial charge in [0.15, 0.2) is 0 Å². The summed E-state index contributed by atoms with van der Waals surface area (Å²) in [5, 5.41) is 17.3. The molecular formula is C12H19N5O3. The Morgan fingerprint density at radius 3 is 2.85 bits per heavy atom. The summed E-state index contributed by atoms with van der Waals surface area (Å²) in [6.07, 6.45) is 3.73. The molecule has 0 atom stereocenters. The minimum atomic E-state index is -0.547. The Morgan fingerprint density at radius 1 is 1.55 bits per heavy atom. The molecule has 1 aromatic rings. The molecule has 1 amide bonds. The van der Waals surface area contributed by atoms with Crippen molar-refractivity contribution in [2.75, 3.05) is 20.1 Å². The highest BCUT2D eigenvalue weighted by Gasteiger charge is 2.18. The molecule has 0 bridgehead atoms. The second-order valence-electron chi connectivity index (χ2n) is 5.09. The predicted octanol–water partition coefficient (Wildman–Crippen LogP) is 0.392. The van der Waals surface area contributed by atoms with Crippen LogP contribution in [0.25, 0.3) is 0 Å². The molecule has 110 valence electrons.